The standard InChI is InChI=1S/C16H27O2P/c1-17-12-6-8-14-19(15-9-7-13-18-2)16-10-4-3-5-11-16/h3-5,10-11H,6-9,12-15H2,1-2H3. The zero-order chi connectivity index (χ0) is 13.8. The molecule has 0 atom stereocenters. The number of methoxy groups -OCH3 is 2. The molecule has 0 aromatic heterocycles. The number of rotatable bonds is 11. The highest BCUT2D eigenvalue weighted by Gasteiger charge is 2.09. The van der Waals surface area contributed by atoms with Crippen molar-refractivity contribution in [2.75, 3.05) is 39.8 Å². The summed E-state index contributed by atoms with van der Waals surface area (Å²) >= 11 is 0. The molecule has 0 fully saturated rings. The molecule has 0 aliphatic rings. The quantitative estimate of drug-likeness (QED) is 0.455. The van der Waals surface area contributed by atoms with E-state index in [9.17, 15) is 0 Å². The molecule has 0 unspecified atom stereocenters. The van der Waals surface area contributed by atoms with E-state index in [1.54, 1.807) is 19.5 Å². The van der Waals surface area contributed by atoms with Crippen LogP contribution >= 0.6 is 7.92 Å². The minimum atomic E-state index is -0.000108. The molecule has 0 amide bonds. The molecule has 0 heterocycles. The Hall–Kier alpha value is -0.430. The molecule has 1 aromatic rings. The van der Waals surface area contributed by atoms with Crippen LogP contribution in [0.2, 0.25) is 0 Å². The number of benzene rings is 1. The largest absolute Gasteiger partial charge is 0.385 e. The molecule has 2 nitrogen and oxygen atoms in total. The zero-order valence-corrected chi connectivity index (χ0v) is 13.2. The van der Waals surface area contributed by atoms with Crippen LogP contribution in [0.15, 0.2) is 30.3 Å². The van der Waals surface area contributed by atoms with Gasteiger partial charge in [-0.2, -0.15) is 0 Å². The van der Waals surface area contributed by atoms with Crippen LogP contribution in [0.1, 0.15) is 25.7 Å². The minimum Gasteiger partial charge on any atom is -0.385 e. The predicted molar refractivity (Wildman–Crippen MR) is 85.0 cm³/mol. The fourth-order valence-electron chi connectivity index (χ4n) is 2.11. The average Bonchev–Trinajstić information content (AvgIpc) is 2.46. The summed E-state index contributed by atoms with van der Waals surface area (Å²) in [6.45, 7) is 1.78. The van der Waals surface area contributed by atoms with E-state index in [1.165, 1.54) is 38.0 Å². The van der Waals surface area contributed by atoms with Crippen molar-refractivity contribution in [3.05, 3.63) is 30.3 Å². The van der Waals surface area contributed by atoms with E-state index >= 15 is 0 Å². The molecule has 0 saturated heterocycles. The second-order valence-electron chi connectivity index (χ2n) is 4.72. The average molecular weight is 282 g/mol. The maximum absolute atomic E-state index is 5.13. The summed E-state index contributed by atoms with van der Waals surface area (Å²) in [5, 5.41) is 1.55. The normalized spacial score (nSPS) is 11.1. The van der Waals surface area contributed by atoms with E-state index in [4.69, 9.17) is 9.47 Å². The summed E-state index contributed by atoms with van der Waals surface area (Å²) in [7, 11) is 3.56. The monoisotopic (exact) mass is 282 g/mol. The van der Waals surface area contributed by atoms with Crippen molar-refractivity contribution in [3.8, 4) is 0 Å². The summed E-state index contributed by atoms with van der Waals surface area (Å²) < 4.78 is 10.3. The summed E-state index contributed by atoms with van der Waals surface area (Å²) in [5.74, 6) is 0. The number of hydrogen-bond donors (Lipinski definition) is 0. The molecule has 1 rings (SSSR count). The van der Waals surface area contributed by atoms with Crippen LogP contribution in [-0.4, -0.2) is 39.8 Å². The van der Waals surface area contributed by atoms with E-state index < -0.39 is 0 Å². The first-order valence-corrected chi connectivity index (χ1v) is 8.87. The molecule has 0 spiro atoms. The first-order valence-electron chi connectivity index (χ1n) is 7.16. The molecule has 0 N–H and O–H groups in total. The van der Waals surface area contributed by atoms with Gasteiger partial charge in [0.1, 0.15) is 0 Å². The Morgan fingerprint density at radius 2 is 1.32 bits per heavy atom. The van der Waals surface area contributed by atoms with E-state index in [1.807, 2.05) is 0 Å². The van der Waals surface area contributed by atoms with Crippen LogP contribution in [0.4, 0.5) is 0 Å². The molecule has 1 aromatic carbocycles. The van der Waals surface area contributed by atoms with Gasteiger partial charge in [0.05, 0.1) is 0 Å². The van der Waals surface area contributed by atoms with Crippen molar-refractivity contribution in [3.63, 3.8) is 0 Å². The molecule has 0 saturated carbocycles. The van der Waals surface area contributed by atoms with Crippen molar-refractivity contribution < 1.29 is 9.47 Å². The molecular weight excluding hydrogens is 255 g/mol. The van der Waals surface area contributed by atoms with Gasteiger partial charge >= 0.3 is 0 Å². The highest BCUT2D eigenvalue weighted by Crippen LogP contribution is 2.36. The van der Waals surface area contributed by atoms with Gasteiger partial charge in [0.2, 0.25) is 0 Å². The van der Waals surface area contributed by atoms with Gasteiger partial charge in [-0.05, 0) is 43.3 Å². The van der Waals surface area contributed by atoms with Crippen molar-refractivity contribution >= 4 is 13.2 Å². The molecule has 108 valence electrons. The summed E-state index contributed by atoms with van der Waals surface area (Å²) in [4.78, 5) is 0. The molecule has 0 radical (unpaired) electrons. The van der Waals surface area contributed by atoms with E-state index in [-0.39, 0.29) is 7.92 Å². The van der Waals surface area contributed by atoms with Gasteiger partial charge < -0.3 is 9.47 Å². The molecule has 19 heavy (non-hydrogen) atoms. The third-order valence-electron chi connectivity index (χ3n) is 3.17. The Bertz CT molecular complexity index is 291. The second-order valence-corrected chi connectivity index (χ2v) is 7.21. The SMILES string of the molecule is COCCCCP(CCCCOC)c1ccccc1. The number of unbranched alkanes of at least 4 members (excludes halogenated alkanes) is 2. The third kappa shape index (κ3) is 7.67. The predicted octanol–water partition coefficient (Wildman–Crippen LogP) is 3.65. The lowest BCUT2D eigenvalue weighted by atomic mass is 10.3. The molecule has 3 heteroatoms. The molecular formula is C16H27O2P. The lowest BCUT2D eigenvalue weighted by molar-refractivity contribution is 0.194. The van der Waals surface area contributed by atoms with Gasteiger partial charge in [-0.1, -0.05) is 38.3 Å². The first-order chi connectivity index (χ1) is 9.38. The highest BCUT2D eigenvalue weighted by molar-refractivity contribution is 7.65. The van der Waals surface area contributed by atoms with Crippen LogP contribution in [0.3, 0.4) is 0 Å². The molecule has 0 aliphatic carbocycles. The second kappa shape index (κ2) is 11.4. The van der Waals surface area contributed by atoms with Crippen molar-refractivity contribution in [2.45, 2.75) is 25.7 Å². The maximum atomic E-state index is 5.13. The topological polar surface area (TPSA) is 18.5 Å². The van der Waals surface area contributed by atoms with E-state index in [0.717, 1.165) is 13.2 Å². The Kier molecular flexibility index (Phi) is 9.98. The summed E-state index contributed by atoms with van der Waals surface area (Å²) in [6.07, 6.45) is 7.57. The minimum absolute atomic E-state index is 0.000108. The van der Waals surface area contributed by atoms with Crippen LogP contribution in [-0.2, 0) is 9.47 Å². The Balaban J connectivity index is 2.39. The van der Waals surface area contributed by atoms with Crippen LogP contribution in [0.25, 0.3) is 0 Å². The van der Waals surface area contributed by atoms with Crippen LogP contribution in [0.5, 0.6) is 0 Å². The Labute approximate surface area is 119 Å². The fourth-order valence-corrected chi connectivity index (χ4v) is 4.65. The van der Waals surface area contributed by atoms with Gasteiger partial charge in [0, 0.05) is 27.4 Å². The Morgan fingerprint density at radius 3 is 1.79 bits per heavy atom. The first kappa shape index (κ1) is 16.6. The molecule has 0 aliphatic heterocycles. The summed E-state index contributed by atoms with van der Waals surface area (Å²) in [5.41, 5.74) is 0. The Morgan fingerprint density at radius 1 is 0.789 bits per heavy atom. The van der Waals surface area contributed by atoms with Gasteiger partial charge in [-0.15, -0.1) is 0 Å². The van der Waals surface area contributed by atoms with E-state index in [2.05, 4.69) is 30.3 Å². The van der Waals surface area contributed by atoms with Crippen molar-refractivity contribution in [1.82, 2.24) is 0 Å². The third-order valence-corrected chi connectivity index (χ3v) is 5.91. The van der Waals surface area contributed by atoms with E-state index in [0.29, 0.717) is 0 Å². The van der Waals surface area contributed by atoms with Crippen molar-refractivity contribution in [2.24, 2.45) is 0 Å². The fraction of sp³-hybridized carbons (Fsp3) is 0.625. The zero-order valence-electron chi connectivity index (χ0n) is 12.3. The van der Waals surface area contributed by atoms with Gasteiger partial charge in [0.25, 0.3) is 0 Å². The van der Waals surface area contributed by atoms with Gasteiger partial charge in [-0.3, -0.25) is 0 Å². The van der Waals surface area contributed by atoms with Crippen molar-refractivity contribution in [1.29, 1.82) is 0 Å². The lowest BCUT2D eigenvalue weighted by Gasteiger charge is -2.18. The van der Waals surface area contributed by atoms with Gasteiger partial charge in [-0.25, -0.2) is 0 Å². The van der Waals surface area contributed by atoms with Crippen LogP contribution in [0, 0.1) is 0 Å². The maximum Gasteiger partial charge on any atom is 0.0462 e. The van der Waals surface area contributed by atoms with Gasteiger partial charge in [0.15, 0.2) is 0 Å². The summed E-state index contributed by atoms with van der Waals surface area (Å²) in [6, 6.07) is 11.0. The smallest absolute Gasteiger partial charge is 0.0462 e. The van der Waals surface area contributed by atoms with Crippen LogP contribution < -0.4 is 5.30 Å². The number of ether oxygens (including phenoxy) is 2. The molecule has 0 bridgehead atoms. The highest BCUT2D eigenvalue weighted by atomic mass is 31.1. The lowest BCUT2D eigenvalue weighted by Crippen LogP contribution is -2.07. The number of hydrogen-bond acceptors (Lipinski definition) is 2.